The number of aromatic nitrogens is 1. The maximum absolute atomic E-state index is 13.5. The molecule has 0 radical (unpaired) electrons. The molecular formula is C20H19N3O6S. The summed E-state index contributed by atoms with van der Waals surface area (Å²) in [6.45, 7) is 0. The number of rotatable bonds is 7. The van der Waals surface area contributed by atoms with E-state index in [-0.39, 0.29) is 27.9 Å². The van der Waals surface area contributed by atoms with Crippen molar-refractivity contribution in [2.45, 2.75) is 36.6 Å². The Labute approximate surface area is 171 Å². The normalized spacial score (nSPS) is 14.8. The van der Waals surface area contributed by atoms with Gasteiger partial charge in [-0.15, -0.1) is 0 Å². The van der Waals surface area contributed by atoms with Crippen LogP contribution < -0.4 is 20.8 Å². The summed E-state index contributed by atoms with van der Waals surface area (Å²) in [5.74, 6) is -1.27. The Kier molecular flexibility index (Phi) is 4.94. The van der Waals surface area contributed by atoms with E-state index < -0.39 is 27.1 Å². The summed E-state index contributed by atoms with van der Waals surface area (Å²) in [7, 11) is -3.91. The lowest BCUT2D eigenvalue weighted by molar-refractivity contribution is 0.0698. The molecule has 1 aliphatic rings. The van der Waals surface area contributed by atoms with Gasteiger partial charge < -0.3 is 5.11 Å². The molecule has 0 amide bonds. The summed E-state index contributed by atoms with van der Waals surface area (Å²) < 4.78 is 28.9. The van der Waals surface area contributed by atoms with Crippen molar-refractivity contribution >= 4 is 27.4 Å². The molecule has 0 saturated heterocycles. The molecule has 0 bridgehead atoms. The molecule has 1 fully saturated rings. The van der Waals surface area contributed by atoms with Crippen molar-refractivity contribution in [3.8, 4) is 0 Å². The zero-order valence-corrected chi connectivity index (χ0v) is 16.6. The quantitative estimate of drug-likeness (QED) is 0.549. The smallest absolute Gasteiger partial charge is 0.340 e. The molecule has 1 saturated carbocycles. The molecule has 156 valence electrons. The van der Waals surface area contributed by atoms with Crippen LogP contribution in [0.4, 0.5) is 11.4 Å². The molecular weight excluding hydrogens is 410 g/mol. The van der Waals surface area contributed by atoms with E-state index in [9.17, 15) is 27.9 Å². The van der Waals surface area contributed by atoms with Crippen LogP contribution in [0.2, 0.25) is 0 Å². The average Bonchev–Trinajstić information content (AvgIpc) is 3.11. The van der Waals surface area contributed by atoms with Gasteiger partial charge in [0.05, 0.1) is 21.8 Å². The van der Waals surface area contributed by atoms with E-state index >= 15 is 0 Å². The van der Waals surface area contributed by atoms with E-state index in [1.54, 1.807) is 18.2 Å². The van der Waals surface area contributed by atoms with Crippen LogP contribution in [0.25, 0.3) is 0 Å². The molecule has 4 rings (SSSR count). The Morgan fingerprint density at radius 3 is 2.23 bits per heavy atom. The van der Waals surface area contributed by atoms with Crippen molar-refractivity contribution in [2.24, 2.45) is 0 Å². The number of sulfonamides is 1. The Morgan fingerprint density at radius 2 is 1.67 bits per heavy atom. The number of aromatic carboxylic acids is 1. The van der Waals surface area contributed by atoms with Gasteiger partial charge in [-0.05, 0) is 43.2 Å². The van der Waals surface area contributed by atoms with Gasteiger partial charge in [-0.25, -0.2) is 13.2 Å². The minimum absolute atomic E-state index is 0.0366. The molecule has 0 unspecified atom stereocenters. The first-order valence-corrected chi connectivity index (χ1v) is 10.9. The number of benzene rings is 2. The van der Waals surface area contributed by atoms with Gasteiger partial charge in [-0.2, -0.15) is 4.68 Å². The standard InChI is InChI=1S/C20H19N3O6S/c24-18-19(25)22(18)21-17-12-14(10-11-16(17)20(26)27)23(13-6-4-5-7-13)30(28,29)15-8-2-1-3-9-15/h1-3,8-13,21H,4-7H2,(H,26,27). The van der Waals surface area contributed by atoms with Gasteiger partial charge in [-0.1, -0.05) is 31.0 Å². The van der Waals surface area contributed by atoms with Crippen LogP contribution in [-0.2, 0) is 10.0 Å². The van der Waals surface area contributed by atoms with Gasteiger partial charge in [0, 0.05) is 6.04 Å². The lowest BCUT2D eigenvalue weighted by Crippen LogP contribution is -2.39. The molecule has 0 spiro atoms. The van der Waals surface area contributed by atoms with Gasteiger partial charge in [0.15, 0.2) is 0 Å². The van der Waals surface area contributed by atoms with Crippen LogP contribution in [0, 0.1) is 0 Å². The molecule has 9 nitrogen and oxygen atoms in total. The summed E-state index contributed by atoms with van der Waals surface area (Å²) in [5.41, 5.74) is 0.935. The third-order valence-corrected chi connectivity index (χ3v) is 7.11. The first kappa shape index (κ1) is 19.9. The zero-order valence-electron chi connectivity index (χ0n) is 15.8. The molecule has 30 heavy (non-hydrogen) atoms. The number of hydrogen-bond donors (Lipinski definition) is 2. The summed E-state index contributed by atoms with van der Waals surface area (Å²) in [6, 6.07) is 11.8. The predicted molar refractivity (Wildman–Crippen MR) is 110 cm³/mol. The first-order chi connectivity index (χ1) is 14.3. The summed E-state index contributed by atoms with van der Waals surface area (Å²) in [4.78, 5) is 34.4. The number of nitrogens with one attached hydrogen (secondary N) is 1. The Bertz CT molecular complexity index is 1240. The van der Waals surface area contributed by atoms with Gasteiger partial charge in [0.1, 0.15) is 0 Å². The summed E-state index contributed by atoms with van der Waals surface area (Å²) in [5, 5.41) is 9.45. The van der Waals surface area contributed by atoms with Crippen LogP contribution >= 0.6 is 0 Å². The minimum Gasteiger partial charge on any atom is -0.478 e. The molecule has 1 heterocycles. The third kappa shape index (κ3) is 3.50. The molecule has 2 aromatic carbocycles. The van der Waals surface area contributed by atoms with Gasteiger partial charge in [-0.3, -0.25) is 19.3 Å². The Morgan fingerprint density at radius 1 is 1.03 bits per heavy atom. The second kappa shape index (κ2) is 7.45. The summed E-state index contributed by atoms with van der Waals surface area (Å²) in [6.07, 6.45) is 3.14. The maximum Gasteiger partial charge on any atom is 0.340 e. The van der Waals surface area contributed by atoms with E-state index in [4.69, 9.17) is 0 Å². The van der Waals surface area contributed by atoms with Crippen molar-refractivity contribution in [1.29, 1.82) is 0 Å². The second-order valence-electron chi connectivity index (χ2n) is 7.14. The van der Waals surface area contributed by atoms with E-state index in [0.29, 0.717) is 17.5 Å². The fraction of sp³-hybridized carbons (Fsp3) is 0.250. The Hall–Kier alpha value is -3.40. The molecule has 1 aromatic heterocycles. The van der Waals surface area contributed by atoms with Crippen molar-refractivity contribution in [1.82, 2.24) is 4.68 Å². The molecule has 2 N–H and O–H groups in total. The second-order valence-corrected chi connectivity index (χ2v) is 8.96. The third-order valence-electron chi connectivity index (χ3n) is 5.22. The van der Waals surface area contributed by atoms with Crippen LogP contribution in [0.1, 0.15) is 36.0 Å². The highest BCUT2D eigenvalue weighted by Gasteiger charge is 2.34. The molecule has 10 heteroatoms. The minimum atomic E-state index is -3.91. The van der Waals surface area contributed by atoms with Gasteiger partial charge in [0.25, 0.3) is 10.0 Å². The van der Waals surface area contributed by atoms with E-state index in [2.05, 4.69) is 5.43 Å². The molecule has 0 aliphatic heterocycles. The number of nitrogens with zero attached hydrogens (tertiary/aromatic N) is 2. The highest BCUT2D eigenvalue weighted by molar-refractivity contribution is 7.92. The lowest BCUT2D eigenvalue weighted by Gasteiger charge is -2.31. The zero-order chi connectivity index (χ0) is 21.5. The monoisotopic (exact) mass is 429 g/mol. The highest BCUT2D eigenvalue weighted by atomic mass is 32.2. The van der Waals surface area contributed by atoms with Crippen LogP contribution in [0.5, 0.6) is 0 Å². The van der Waals surface area contributed by atoms with E-state index in [1.807, 2.05) is 0 Å². The van der Waals surface area contributed by atoms with Crippen molar-refractivity contribution in [2.75, 3.05) is 9.73 Å². The van der Waals surface area contributed by atoms with Gasteiger partial charge in [0.2, 0.25) is 0 Å². The highest BCUT2D eigenvalue weighted by Crippen LogP contribution is 2.35. The Balaban J connectivity index is 1.83. The predicted octanol–water partition coefficient (Wildman–Crippen LogP) is 1.80. The molecule has 0 atom stereocenters. The number of hydrogen-bond acceptors (Lipinski definition) is 6. The topological polar surface area (TPSA) is 126 Å². The average molecular weight is 429 g/mol. The van der Waals surface area contributed by atoms with Gasteiger partial charge >= 0.3 is 17.1 Å². The van der Waals surface area contributed by atoms with Crippen molar-refractivity contribution in [3.63, 3.8) is 0 Å². The molecule has 3 aromatic rings. The fourth-order valence-electron chi connectivity index (χ4n) is 3.70. The van der Waals surface area contributed by atoms with Crippen molar-refractivity contribution in [3.05, 3.63) is 74.8 Å². The lowest BCUT2D eigenvalue weighted by atomic mass is 10.1. The van der Waals surface area contributed by atoms with E-state index in [0.717, 1.165) is 12.8 Å². The fourth-order valence-corrected chi connectivity index (χ4v) is 5.42. The number of carbonyl (C=O) groups is 1. The SMILES string of the molecule is O=C(O)c1ccc(N(C2CCCC2)S(=O)(=O)c2ccccc2)cc1Nn1c(=O)c1=O. The van der Waals surface area contributed by atoms with E-state index in [1.165, 1.54) is 34.6 Å². The number of anilines is 2. The van der Waals surface area contributed by atoms with Crippen LogP contribution in [0.15, 0.2) is 63.0 Å². The van der Waals surface area contributed by atoms with Crippen molar-refractivity contribution < 1.29 is 18.3 Å². The number of carboxylic acids is 1. The maximum atomic E-state index is 13.5. The number of carboxylic acid groups (broad SMARTS) is 1. The largest absolute Gasteiger partial charge is 0.478 e. The first-order valence-electron chi connectivity index (χ1n) is 9.42. The summed E-state index contributed by atoms with van der Waals surface area (Å²) >= 11 is 0. The van der Waals surface area contributed by atoms with Crippen LogP contribution in [-0.4, -0.2) is 30.2 Å². The molecule has 1 aliphatic carbocycles. The van der Waals surface area contributed by atoms with Crippen LogP contribution in [0.3, 0.4) is 0 Å².